The summed E-state index contributed by atoms with van der Waals surface area (Å²) in [4.78, 5) is 24.7. The van der Waals surface area contributed by atoms with Gasteiger partial charge >= 0.3 is 6.09 Å². The van der Waals surface area contributed by atoms with E-state index in [1.807, 2.05) is 65.0 Å². The molecule has 0 bridgehead atoms. The number of benzene rings is 1. The summed E-state index contributed by atoms with van der Waals surface area (Å²) < 4.78 is 10.8. The zero-order valence-electron chi connectivity index (χ0n) is 14.1. The minimum atomic E-state index is -0.595. The SMILES string of the molecule is CC(C)(C)OC(=O)N1C(c2ccccc2)C(OC=O)SC1(C)C. The number of nitrogens with zero attached hydrogens (tertiary/aromatic N) is 1. The molecule has 1 aromatic carbocycles. The van der Waals surface area contributed by atoms with Gasteiger partial charge in [0, 0.05) is 0 Å². The van der Waals surface area contributed by atoms with Crippen molar-refractivity contribution < 1.29 is 19.1 Å². The minimum absolute atomic E-state index is 0.392. The Bertz CT molecular complexity index is 568. The lowest BCUT2D eigenvalue weighted by Crippen LogP contribution is -2.46. The number of hydrogen-bond donors (Lipinski definition) is 0. The first-order valence-corrected chi connectivity index (χ1v) is 8.38. The Kier molecular flexibility index (Phi) is 4.94. The van der Waals surface area contributed by atoms with Crippen LogP contribution < -0.4 is 0 Å². The summed E-state index contributed by atoms with van der Waals surface area (Å²) in [7, 11) is 0. The molecule has 0 aromatic heterocycles. The van der Waals surface area contributed by atoms with Crippen LogP contribution in [0.4, 0.5) is 4.79 Å². The van der Waals surface area contributed by atoms with Gasteiger partial charge in [-0.05, 0) is 40.2 Å². The van der Waals surface area contributed by atoms with E-state index in [-0.39, 0.29) is 0 Å². The largest absolute Gasteiger partial charge is 0.451 e. The molecule has 1 amide bonds. The highest BCUT2D eigenvalue weighted by atomic mass is 32.2. The van der Waals surface area contributed by atoms with Crippen LogP contribution in [0.15, 0.2) is 30.3 Å². The highest BCUT2D eigenvalue weighted by molar-refractivity contribution is 8.01. The summed E-state index contributed by atoms with van der Waals surface area (Å²) in [5, 5.41) is 0. The molecule has 1 aliphatic rings. The van der Waals surface area contributed by atoms with Gasteiger partial charge in [0.2, 0.25) is 0 Å². The first-order valence-electron chi connectivity index (χ1n) is 7.50. The van der Waals surface area contributed by atoms with Crippen LogP contribution in [0.3, 0.4) is 0 Å². The molecule has 2 atom stereocenters. The van der Waals surface area contributed by atoms with Crippen LogP contribution in [0.1, 0.15) is 46.2 Å². The summed E-state index contributed by atoms with van der Waals surface area (Å²) >= 11 is 1.43. The third-order valence-electron chi connectivity index (χ3n) is 3.44. The van der Waals surface area contributed by atoms with Gasteiger partial charge in [-0.3, -0.25) is 9.69 Å². The summed E-state index contributed by atoms with van der Waals surface area (Å²) in [5.74, 6) is 0. The molecule has 1 aliphatic heterocycles. The van der Waals surface area contributed by atoms with Crippen molar-refractivity contribution in [2.24, 2.45) is 0 Å². The first kappa shape index (κ1) is 17.7. The van der Waals surface area contributed by atoms with Crippen LogP contribution in [0.5, 0.6) is 0 Å². The van der Waals surface area contributed by atoms with Crippen molar-refractivity contribution in [3.05, 3.63) is 35.9 Å². The molecule has 0 spiro atoms. The lowest BCUT2D eigenvalue weighted by molar-refractivity contribution is -0.131. The number of amides is 1. The average molecular weight is 337 g/mol. The maximum absolute atomic E-state index is 12.8. The molecule has 2 rings (SSSR count). The maximum atomic E-state index is 12.8. The lowest BCUT2D eigenvalue weighted by Gasteiger charge is -2.35. The van der Waals surface area contributed by atoms with Crippen LogP contribution in [0.2, 0.25) is 0 Å². The molecule has 1 fully saturated rings. The molecule has 23 heavy (non-hydrogen) atoms. The standard InChI is InChI=1S/C17H23NO4S/c1-16(2,3)22-15(20)18-13(12-9-7-6-8-10-12)14(21-11-19)23-17(18,4)5/h6-11,13-14H,1-5H3. The van der Waals surface area contributed by atoms with E-state index < -0.39 is 28.0 Å². The van der Waals surface area contributed by atoms with E-state index in [2.05, 4.69) is 0 Å². The molecule has 5 nitrogen and oxygen atoms in total. The van der Waals surface area contributed by atoms with E-state index in [9.17, 15) is 9.59 Å². The van der Waals surface area contributed by atoms with Crippen molar-refractivity contribution in [3.8, 4) is 0 Å². The Hall–Kier alpha value is -1.69. The molecular weight excluding hydrogens is 314 g/mol. The second-order valence-corrected chi connectivity index (χ2v) is 8.57. The van der Waals surface area contributed by atoms with Crippen molar-refractivity contribution in [3.63, 3.8) is 0 Å². The maximum Gasteiger partial charge on any atom is 0.412 e. The highest BCUT2D eigenvalue weighted by Crippen LogP contribution is 2.51. The zero-order chi connectivity index (χ0) is 17.3. The summed E-state index contributed by atoms with van der Waals surface area (Å²) in [6, 6.07) is 9.16. The molecule has 0 aliphatic carbocycles. The monoisotopic (exact) mass is 337 g/mol. The fraction of sp³-hybridized carbons (Fsp3) is 0.529. The van der Waals surface area contributed by atoms with Gasteiger partial charge in [-0.25, -0.2) is 4.79 Å². The van der Waals surface area contributed by atoms with Gasteiger partial charge in [0.05, 0.1) is 4.87 Å². The third kappa shape index (κ3) is 3.99. The Morgan fingerprint density at radius 3 is 2.39 bits per heavy atom. The van der Waals surface area contributed by atoms with Crippen molar-refractivity contribution >= 4 is 24.3 Å². The number of rotatable bonds is 3. The topological polar surface area (TPSA) is 55.8 Å². The van der Waals surface area contributed by atoms with Crippen LogP contribution in [0.25, 0.3) is 0 Å². The molecular formula is C17H23NO4S. The molecule has 0 saturated carbocycles. The predicted octanol–water partition coefficient (Wildman–Crippen LogP) is 3.95. The van der Waals surface area contributed by atoms with E-state index in [1.54, 1.807) is 4.90 Å². The Morgan fingerprint density at radius 1 is 1.26 bits per heavy atom. The van der Waals surface area contributed by atoms with E-state index in [0.717, 1.165) is 5.56 Å². The first-order chi connectivity index (χ1) is 10.7. The van der Waals surface area contributed by atoms with Crippen molar-refractivity contribution in [2.45, 2.75) is 56.6 Å². The minimum Gasteiger partial charge on any atom is -0.451 e. The van der Waals surface area contributed by atoms with Gasteiger partial charge in [0.25, 0.3) is 6.47 Å². The fourth-order valence-electron chi connectivity index (χ4n) is 2.62. The molecule has 2 unspecified atom stereocenters. The van der Waals surface area contributed by atoms with Gasteiger partial charge in [0.15, 0.2) is 5.44 Å². The van der Waals surface area contributed by atoms with E-state index in [4.69, 9.17) is 9.47 Å². The summed E-state index contributed by atoms with van der Waals surface area (Å²) in [6.07, 6.45) is -0.416. The number of hydrogen-bond acceptors (Lipinski definition) is 5. The zero-order valence-corrected chi connectivity index (χ0v) is 14.9. The number of ether oxygens (including phenoxy) is 2. The Morgan fingerprint density at radius 2 is 1.87 bits per heavy atom. The normalized spacial score (nSPS) is 23.4. The van der Waals surface area contributed by atoms with Gasteiger partial charge < -0.3 is 9.47 Å². The summed E-state index contributed by atoms with van der Waals surface area (Å²) in [5.41, 5.74) is -0.163. The van der Waals surface area contributed by atoms with Crippen LogP contribution >= 0.6 is 11.8 Å². The smallest absolute Gasteiger partial charge is 0.412 e. The van der Waals surface area contributed by atoms with Crippen molar-refractivity contribution in [2.75, 3.05) is 0 Å². The molecule has 126 valence electrons. The Balaban J connectivity index is 2.41. The van der Waals surface area contributed by atoms with Crippen molar-refractivity contribution in [1.82, 2.24) is 4.90 Å². The highest BCUT2D eigenvalue weighted by Gasteiger charge is 2.52. The fourth-order valence-corrected chi connectivity index (χ4v) is 4.00. The van der Waals surface area contributed by atoms with Gasteiger partial charge in [-0.2, -0.15) is 0 Å². The van der Waals surface area contributed by atoms with Crippen LogP contribution in [0, 0.1) is 0 Å². The lowest BCUT2D eigenvalue weighted by atomic mass is 10.0. The van der Waals surface area contributed by atoms with Gasteiger partial charge in [-0.1, -0.05) is 42.1 Å². The molecule has 1 aromatic rings. The summed E-state index contributed by atoms with van der Waals surface area (Å²) in [6.45, 7) is 9.77. The van der Waals surface area contributed by atoms with Crippen molar-refractivity contribution in [1.29, 1.82) is 0 Å². The molecule has 0 N–H and O–H groups in total. The number of carbonyl (C=O) groups excluding carboxylic acids is 2. The second kappa shape index (κ2) is 6.43. The quantitative estimate of drug-likeness (QED) is 0.782. The van der Waals surface area contributed by atoms with Gasteiger partial charge in [-0.15, -0.1) is 0 Å². The van der Waals surface area contributed by atoms with E-state index >= 15 is 0 Å². The molecule has 1 heterocycles. The predicted molar refractivity (Wildman–Crippen MR) is 89.9 cm³/mol. The second-order valence-electron chi connectivity index (χ2n) is 6.87. The molecule has 0 radical (unpaired) electrons. The van der Waals surface area contributed by atoms with E-state index in [1.165, 1.54) is 11.8 Å². The average Bonchev–Trinajstić information content (AvgIpc) is 2.69. The molecule has 1 saturated heterocycles. The number of thioether (sulfide) groups is 1. The van der Waals surface area contributed by atoms with Crippen LogP contribution in [-0.4, -0.2) is 33.4 Å². The molecule has 6 heteroatoms. The van der Waals surface area contributed by atoms with Gasteiger partial charge in [0.1, 0.15) is 11.6 Å². The van der Waals surface area contributed by atoms with Crippen LogP contribution in [-0.2, 0) is 14.3 Å². The number of carbonyl (C=O) groups is 2. The Labute approximate surface area is 141 Å². The third-order valence-corrected chi connectivity index (χ3v) is 4.82. The van der Waals surface area contributed by atoms with E-state index in [0.29, 0.717) is 6.47 Å².